The van der Waals surface area contributed by atoms with Crippen LogP contribution in [0.2, 0.25) is 0 Å². The first-order valence-corrected chi connectivity index (χ1v) is 23.7. The molecule has 0 aliphatic heterocycles. The third-order valence-electron chi connectivity index (χ3n) is 9.59. The number of halogens is 1. The Morgan fingerprint density at radius 2 is 1.29 bits per heavy atom. The Hall–Kier alpha value is -5.02. The summed E-state index contributed by atoms with van der Waals surface area (Å²) in [6.07, 6.45) is 34.1. The van der Waals surface area contributed by atoms with Gasteiger partial charge in [0, 0.05) is 57.2 Å². The zero-order valence-electron chi connectivity index (χ0n) is 38.1. The van der Waals surface area contributed by atoms with Crippen molar-refractivity contribution < 1.29 is 32.6 Å². The van der Waals surface area contributed by atoms with Gasteiger partial charge in [-0.3, -0.25) is 9.59 Å². The predicted molar refractivity (Wildman–Crippen MR) is 256 cm³/mol. The van der Waals surface area contributed by atoms with Gasteiger partial charge in [0.2, 0.25) is 27.8 Å². The number of hydrogen-bond donors (Lipinski definition) is 4. The number of aliphatic hydroxyl groups is 2. The van der Waals surface area contributed by atoms with E-state index in [4.69, 9.17) is 0 Å². The van der Waals surface area contributed by atoms with Crippen LogP contribution in [0.3, 0.4) is 0 Å². The Labute approximate surface area is 376 Å². The molecule has 0 aliphatic rings. The van der Waals surface area contributed by atoms with Crippen LogP contribution in [0.1, 0.15) is 102 Å². The van der Waals surface area contributed by atoms with Gasteiger partial charge in [-0.15, -0.1) is 0 Å². The fraction of sp³-hybridized carbons (Fsp3) is 0.469. The van der Waals surface area contributed by atoms with Crippen LogP contribution < -0.4 is 14.9 Å². The molecule has 12 nitrogen and oxygen atoms in total. The molecule has 1 aromatic carbocycles. The lowest BCUT2D eigenvalue weighted by atomic mass is 9.97. The van der Waals surface area contributed by atoms with Crippen molar-refractivity contribution in [3.8, 4) is 11.3 Å². The lowest BCUT2D eigenvalue weighted by Crippen LogP contribution is -2.38. The van der Waals surface area contributed by atoms with Crippen LogP contribution in [-0.4, -0.2) is 104 Å². The number of carbonyl (C=O) groups excluding carboxylic acids is 2. The van der Waals surface area contributed by atoms with Gasteiger partial charge >= 0.3 is 0 Å². The molecule has 0 bridgehead atoms. The molecule has 0 unspecified atom stereocenters. The Morgan fingerprint density at radius 1 is 0.778 bits per heavy atom. The molecule has 2 rings (SSSR count). The largest absolute Gasteiger partial charge is 0.392 e. The third kappa shape index (κ3) is 23.9. The van der Waals surface area contributed by atoms with Gasteiger partial charge in [-0.25, -0.2) is 27.1 Å². The Kier molecular flexibility index (Phi) is 26.6. The minimum absolute atomic E-state index is 0.0143. The fourth-order valence-electron chi connectivity index (χ4n) is 5.96. The molecule has 2 atom stereocenters. The van der Waals surface area contributed by atoms with E-state index in [0.29, 0.717) is 61.5 Å². The number of rotatable bonds is 30. The number of hydrogen-bond acceptors (Lipinski definition) is 9. The van der Waals surface area contributed by atoms with E-state index in [1.165, 1.54) is 37.4 Å². The number of carbonyl (C=O) groups is 2. The first-order valence-electron chi connectivity index (χ1n) is 21.9. The smallest absolute Gasteiger partial charge is 0.239 e. The summed E-state index contributed by atoms with van der Waals surface area (Å²) in [5, 5.41) is 27.1. The van der Waals surface area contributed by atoms with Gasteiger partial charge in [0.1, 0.15) is 5.82 Å². The SMILES string of the molecule is CCC=CCC=CCC=CCC=CCC=CCC=CCCC(=O)NCCN(C)CCNC(=O)C[C@H](O)C[C@H](O)/C=C/c1c(-c2ccc(F)cc2)nc(N(C)S(C)(=O)=O)nc1C(C)C. The zero-order valence-corrected chi connectivity index (χ0v) is 38.9. The fourth-order valence-corrected chi connectivity index (χ4v) is 6.33. The number of nitrogens with one attached hydrogen (secondary N) is 2. The van der Waals surface area contributed by atoms with Gasteiger partial charge < -0.3 is 25.7 Å². The Morgan fingerprint density at radius 3 is 1.79 bits per heavy atom. The number of aromatic nitrogens is 2. The average Bonchev–Trinajstić information content (AvgIpc) is 3.23. The van der Waals surface area contributed by atoms with Gasteiger partial charge in [0.25, 0.3) is 0 Å². The summed E-state index contributed by atoms with van der Waals surface area (Å²) in [5.41, 5.74) is 1.85. The molecular formula is C49H71FN6O6S. The number of nitrogens with zero attached hydrogens (tertiary/aromatic N) is 4. The summed E-state index contributed by atoms with van der Waals surface area (Å²) >= 11 is 0. The normalized spacial score (nSPS) is 13.7. The summed E-state index contributed by atoms with van der Waals surface area (Å²) in [5.74, 6) is -1.07. The minimum Gasteiger partial charge on any atom is -0.392 e. The molecule has 4 N–H and O–H groups in total. The third-order valence-corrected chi connectivity index (χ3v) is 10.8. The number of amides is 2. The van der Waals surface area contributed by atoms with E-state index in [1.54, 1.807) is 6.08 Å². The summed E-state index contributed by atoms with van der Waals surface area (Å²) < 4.78 is 39.4. The van der Waals surface area contributed by atoms with Gasteiger partial charge in [0.15, 0.2) is 0 Å². The van der Waals surface area contributed by atoms with Crippen molar-refractivity contribution >= 4 is 33.9 Å². The monoisotopic (exact) mass is 891 g/mol. The van der Waals surface area contributed by atoms with Crippen LogP contribution >= 0.6 is 0 Å². The quantitative estimate of drug-likeness (QED) is 0.0570. The van der Waals surface area contributed by atoms with Crippen LogP contribution in [0, 0.1) is 5.82 Å². The maximum absolute atomic E-state index is 13.8. The number of anilines is 1. The van der Waals surface area contributed by atoms with Gasteiger partial charge in [-0.05, 0) is 82.2 Å². The maximum Gasteiger partial charge on any atom is 0.239 e. The number of allylic oxidation sites excluding steroid dienone is 12. The highest BCUT2D eigenvalue weighted by Gasteiger charge is 2.23. The topological polar surface area (TPSA) is 165 Å². The van der Waals surface area contributed by atoms with Crippen molar-refractivity contribution in [1.82, 2.24) is 25.5 Å². The number of sulfonamides is 1. The molecule has 0 saturated heterocycles. The summed E-state index contributed by atoms with van der Waals surface area (Å²) in [4.78, 5) is 35.8. The molecule has 2 amide bonds. The van der Waals surface area contributed by atoms with E-state index >= 15 is 0 Å². The van der Waals surface area contributed by atoms with Gasteiger partial charge in [-0.2, -0.15) is 0 Å². The second-order valence-corrected chi connectivity index (χ2v) is 17.6. The van der Waals surface area contributed by atoms with E-state index in [1.807, 2.05) is 31.9 Å². The molecule has 14 heteroatoms. The molecule has 63 heavy (non-hydrogen) atoms. The molecule has 0 fully saturated rings. The standard InChI is InChI=1S/C49H71FN6O6S/c1-7-8-9-10-11-12-13-14-15-16-17-18-19-20-21-22-23-24-25-26-45(59)51-33-35-55(4)36-34-52-46(60)38-43(58)37-42(57)31-32-44-47(39(2)3)53-49(56(5)63(6,61)62)54-48(44)40-27-29-41(50)30-28-40/h8-9,11-12,14-15,17-18,20-21,23-24,27-32,39,42-43,57-58H,7,10,13,16,19,22,25-26,33-38H2,1-6H3,(H,51,59)(H,52,60)/b9-8?,12-11?,15-14?,18-17?,21-20?,24-23?,32-31+/t42-,43-/m1/s1. The van der Waals surface area contributed by atoms with Crippen LogP contribution in [0.4, 0.5) is 10.3 Å². The van der Waals surface area contributed by atoms with E-state index in [9.17, 15) is 32.6 Å². The van der Waals surface area contributed by atoms with Gasteiger partial charge in [-0.1, -0.05) is 106 Å². The van der Waals surface area contributed by atoms with Crippen molar-refractivity contribution in [2.24, 2.45) is 0 Å². The summed E-state index contributed by atoms with van der Waals surface area (Å²) in [6, 6.07) is 5.58. The highest BCUT2D eigenvalue weighted by atomic mass is 32.2. The molecule has 2 aromatic rings. The lowest BCUT2D eigenvalue weighted by Gasteiger charge is -2.20. The number of benzene rings is 1. The molecule has 346 valence electrons. The van der Waals surface area contributed by atoms with Crippen molar-refractivity contribution in [2.75, 3.05) is 50.8 Å². The van der Waals surface area contributed by atoms with Gasteiger partial charge in [0.05, 0.1) is 36.3 Å². The highest BCUT2D eigenvalue weighted by Crippen LogP contribution is 2.32. The summed E-state index contributed by atoms with van der Waals surface area (Å²) in [7, 11) is -0.452. The molecule has 0 radical (unpaired) electrons. The molecule has 0 spiro atoms. The highest BCUT2D eigenvalue weighted by molar-refractivity contribution is 7.92. The molecule has 0 saturated carbocycles. The second kappa shape index (κ2) is 30.9. The minimum atomic E-state index is -3.69. The van der Waals surface area contributed by atoms with Crippen molar-refractivity contribution in [3.63, 3.8) is 0 Å². The molecule has 1 heterocycles. The van der Waals surface area contributed by atoms with E-state index in [0.717, 1.165) is 49.1 Å². The predicted octanol–water partition coefficient (Wildman–Crippen LogP) is 7.96. The molecule has 0 aliphatic carbocycles. The number of likely N-dealkylation sites (N-methyl/N-ethyl adjacent to an activating group) is 1. The van der Waals surface area contributed by atoms with Crippen molar-refractivity contribution in [3.05, 3.63) is 120 Å². The van der Waals surface area contributed by atoms with Crippen LogP contribution in [0.25, 0.3) is 17.3 Å². The molecule has 1 aromatic heterocycles. The first-order chi connectivity index (χ1) is 30.1. The van der Waals surface area contributed by atoms with Crippen LogP contribution in [0.5, 0.6) is 0 Å². The number of aliphatic hydroxyl groups excluding tert-OH is 2. The Bertz CT molecular complexity index is 1990. The first kappa shape index (κ1) is 54.1. The van der Waals surface area contributed by atoms with Crippen LogP contribution in [0.15, 0.2) is 103 Å². The second-order valence-electron chi connectivity index (χ2n) is 15.5. The van der Waals surface area contributed by atoms with E-state index < -0.39 is 28.0 Å². The maximum atomic E-state index is 13.8. The van der Waals surface area contributed by atoms with Crippen molar-refractivity contribution in [2.45, 2.75) is 103 Å². The Balaban J connectivity index is 1.68. The average molecular weight is 891 g/mol. The van der Waals surface area contributed by atoms with E-state index in [-0.39, 0.29) is 36.5 Å². The van der Waals surface area contributed by atoms with Crippen LogP contribution in [-0.2, 0) is 19.6 Å². The lowest BCUT2D eigenvalue weighted by molar-refractivity contribution is -0.123. The van der Waals surface area contributed by atoms with E-state index in [2.05, 4.69) is 94.4 Å². The zero-order chi connectivity index (χ0) is 46.5. The summed E-state index contributed by atoms with van der Waals surface area (Å²) in [6.45, 7) is 7.86. The molecular weight excluding hydrogens is 820 g/mol. The van der Waals surface area contributed by atoms with Crippen molar-refractivity contribution in [1.29, 1.82) is 0 Å².